The Morgan fingerprint density at radius 1 is 1.31 bits per heavy atom. The molecule has 2 nitrogen and oxygen atoms in total. The summed E-state index contributed by atoms with van der Waals surface area (Å²) >= 11 is 0. The number of alkyl halides is 3. The minimum Gasteiger partial charge on any atom is -0.382 e. The molecule has 0 aliphatic heterocycles. The molecular weight excluding hydrogens is 226 g/mol. The minimum atomic E-state index is -4.63. The van der Waals surface area contributed by atoms with Gasteiger partial charge in [-0.3, -0.25) is 4.74 Å². The van der Waals surface area contributed by atoms with Crippen LogP contribution in [0.25, 0.3) is 0 Å². The summed E-state index contributed by atoms with van der Waals surface area (Å²) in [7, 11) is 0. The van der Waals surface area contributed by atoms with Crippen LogP contribution in [0.4, 0.5) is 23.2 Å². The van der Waals surface area contributed by atoms with Crippen molar-refractivity contribution in [3.63, 3.8) is 0 Å². The smallest absolute Gasteiger partial charge is 0.382 e. The molecule has 1 rings (SSSR count). The van der Waals surface area contributed by atoms with Gasteiger partial charge in [-0.1, -0.05) is 6.07 Å². The summed E-state index contributed by atoms with van der Waals surface area (Å²) in [4.78, 5) is 0. The minimum absolute atomic E-state index is 0.0379. The van der Waals surface area contributed by atoms with E-state index in [9.17, 15) is 17.6 Å². The number of rotatable bonds is 4. The Hall–Kier alpha value is -1.30. The van der Waals surface area contributed by atoms with E-state index in [0.717, 1.165) is 0 Å². The Morgan fingerprint density at radius 2 is 2.00 bits per heavy atom. The number of benzene rings is 1. The van der Waals surface area contributed by atoms with Gasteiger partial charge in [-0.05, 0) is 19.1 Å². The van der Waals surface area contributed by atoms with Gasteiger partial charge in [0.25, 0.3) is 0 Å². The molecule has 90 valence electrons. The number of nitrogens with one attached hydrogen (secondary N) is 1. The SMILES string of the molecule is Cc1c(F)cccc1NCCOC(F)(F)F. The molecular formula is C10H11F4NO. The van der Waals surface area contributed by atoms with Gasteiger partial charge in [0.15, 0.2) is 0 Å². The van der Waals surface area contributed by atoms with E-state index in [4.69, 9.17) is 0 Å². The van der Waals surface area contributed by atoms with Crippen LogP contribution in [-0.4, -0.2) is 19.5 Å². The number of hydrogen-bond acceptors (Lipinski definition) is 2. The van der Waals surface area contributed by atoms with E-state index in [2.05, 4.69) is 10.1 Å². The zero-order chi connectivity index (χ0) is 12.2. The van der Waals surface area contributed by atoms with Crippen LogP contribution in [0, 0.1) is 12.7 Å². The highest BCUT2D eigenvalue weighted by Crippen LogP contribution is 2.18. The first-order chi connectivity index (χ1) is 7.40. The molecule has 0 saturated carbocycles. The van der Waals surface area contributed by atoms with Crippen molar-refractivity contribution in [2.24, 2.45) is 0 Å². The quantitative estimate of drug-likeness (QED) is 0.641. The summed E-state index contributed by atoms with van der Waals surface area (Å²) in [5.41, 5.74) is 0.834. The fraction of sp³-hybridized carbons (Fsp3) is 0.400. The fourth-order valence-corrected chi connectivity index (χ4v) is 1.15. The third-order valence-electron chi connectivity index (χ3n) is 1.95. The molecule has 0 aromatic heterocycles. The van der Waals surface area contributed by atoms with Crippen LogP contribution in [-0.2, 0) is 4.74 Å². The topological polar surface area (TPSA) is 21.3 Å². The summed E-state index contributed by atoms with van der Waals surface area (Å²) in [5.74, 6) is -0.401. The van der Waals surface area contributed by atoms with Gasteiger partial charge in [0.1, 0.15) is 5.82 Å². The van der Waals surface area contributed by atoms with Crippen molar-refractivity contribution in [1.29, 1.82) is 0 Å². The van der Waals surface area contributed by atoms with Crippen molar-refractivity contribution in [1.82, 2.24) is 0 Å². The van der Waals surface area contributed by atoms with Crippen LogP contribution in [0.5, 0.6) is 0 Å². The molecule has 1 N–H and O–H groups in total. The molecule has 0 bridgehead atoms. The molecule has 6 heteroatoms. The maximum absolute atomic E-state index is 13.0. The van der Waals surface area contributed by atoms with Crippen molar-refractivity contribution >= 4 is 5.69 Å². The molecule has 0 aliphatic carbocycles. The zero-order valence-electron chi connectivity index (χ0n) is 8.57. The predicted octanol–water partition coefficient (Wildman–Crippen LogP) is 3.08. The average molecular weight is 237 g/mol. The van der Waals surface area contributed by atoms with Gasteiger partial charge in [-0.25, -0.2) is 4.39 Å². The number of ether oxygens (including phenoxy) is 1. The summed E-state index contributed by atoms with van der Waals surface area (Å²) in [6.07, 6.45) is -4.63. The van der Waals surface area contributed by atoms with E-state index in [1.54, 1.807) is 13.0 Å². The monoisotopic (exact) mass is 237 g/mol. The summed E-state index contributed by atoms with van der Waals surface area (Å²) in [6, 6.07) is 4.36. The normalized spacial score (nSPS) is 11.6. The molecule has 1 aromatic carbocycles. The maximum Gasteiger partial charge on any atom is 0.522 e. The molecule has 16 heavy (non-hydrogen) atoms. The van der Waals surface area contributed by atoms with E-state index in [1.807, 2.05) is 0 Å². The average Bonchev–Trinajstić information content (AvgIpc) is 2.17. The highest BCUT2D eigenvalue weighted by Gasteiger charge is 2.28. The number of anilines is 1. The van der Waals surface area contributed by atoms with Crippen molar-refractivity contribution < 1.29 is 22.3 Å². The van der Waals surface area contributed by atoms with E-state index in [0.29, 0.717) is 11.3 Å². The molecule has 0 saturated heterocycles. The van der Waals surface area contributed by atoms with Gasteiger partial charge >= 0.3 is 6.36 Å². The van der Waals surface area contributed by atoms with Crippen molar-refractivity contribution in [2.45, 2.75) is 13.3 Å². The number of hydrogen-bond donors (Lipinski definition) is 1. The largest absolute Gasteiger partial charge is 0.522 e. The highest BCUT2D eigenvalue weighted by molar-refractivity contribution is 5.50. The van der Waals surface area contributed by atoms with Crippen molar-refractivity contribution in [2.75, 3.05) is 18.5 Å². The third-order valence-corrected chi connectivity index (χ3v) is 1.95. The molecule has 0 heterocycles. The fourth-order valence-electron chi connectivity index (χ4n) is 1.15. The highest BCUT2D eigenvalue weighted by atomic mass is 19.4. The summed E-state index contributed by atoms with van der Waals surface area (Å²) in [6.45, 7) is 0.992. The molecule has 0 fully saturated rings. The van der Waals surface area contributed by atoms with Crippen LogP contribution in [0.1, 0.15) is 5.56 Å². The second-order valence-corrected chi connectivity index (χ2v) is 3.13. The van der Waals surface area contributed by atoms with Crippen molar-refractivity contribution in [3.05, 3.63) is 29.6 Å². The van der Waals surface area contributed by atoms with Gasteiger partial charge in [0.05, 0.1) is 6.61 Å². The first-order valence-corrected chi connectivity index (χ1v) is 4.60. The Balaban J connectivity index is 2.41. The first kappa shape index (κ1) is 12.8. The second kappa shape index (κ2) is 5.16. The molecule has 0 unspecified atom stereocenters. The maximum atomic E-state index is 13.0. The second-order valence-electron chi connectivity index (χ2n) is 3.13. The lowest BCUT2D eigenvalue weighted by molar-refractivity contribution is -0.322. The predicted molar refractivity (Wildman–Crippen MR) is 51.6 cm³/mol. The standard InChI is InChI=1S/C10H11F4NO/c1-7-8(11)3-2-4-9(7)15-5-6-16-10(12,13)14/h2-4,15H,5-6H2,1H3. The molecule has 0 aliphatic rings. The molecule has 0 spiro atoms. The Kier molecular flexibility index (Phi) is 4.12. The Labute approximate surface area is 90.2 Å². The Bertz CT molecular complexity index is 351. The third kappa shape index (κ3) is 4.06. The van der Waals surface area contributed by atoms with Gasteiger partial charge in [0, 0.05) is 17.8 Å². The van der Waals surface area contributed by atoms with Crippen LogP contribution in [0.3, 0.4) is 0 Å². The van der Waals surface area contributed by atoms with Crippen LogP contribution < -0.4 is 5.32 Å². The zero-order valence-corrected chi connectivity index (χ0v) is 8.57. The van der Waals surface area contributed by atoms with Gasteiger partial charge < -0.3 is 5.32 Å². The van der Waals surface area contributed by atoms with E-state index in [1.165, 1.54) is 12.1 Å². The summed E-state index contributed by atoms with van der Waals surface area (Å²) < 4.78 is 51.4. The van der Waals surface area contributed by atoms with E-state index >= 15 is 0 Å². The van der Waals surface area contributed by atoms with E-state index < -0.39 is 18.8 Å². The summed E-state index contributed by atoms with van der Waals surface area (Å²) in [5, 5.41) is 2.66. The number of halogens is 4. The lowest BCUT2D eigenvalue weighted by Gasteiger charge is -2.11. The molecule has 0 amide bonds. The van der Waals surface area contributed by atoms with Crippen LogP contribution in [0.2, 0.25) is 0 Å². The lowest BCUT2D eigenvalue weighted by Crippen LogP contribution is -2.19. The van der Waals surface area contributed by atoms with Crippen LogP contribution in [0.15, 0.2) is 18.2 Å². The van der Waals surface area contributed by atoms with Gasteiger partial charge in [-0.2, -0.15) is 0 Å². The molecule has 1 aromatic rings. The van der Waals surface area contributed by atoms with Crippen molar-refractivity contribution in [3.8, 4) is 0 Å². The van der Waals surface area contributed by atoms with E-state index in [-0.39, 0.29) is 6.54 Å². The lowest BCUT2D eigenvalue weighted by atomic mass is 10.2. The first-order valence-electron chi connectivity index (χ1n) is 4.60. The van der Waals surface area contributed by atoms with Crippen LogP contribution >= 0.6 is 0 Å². The van der Waals surface area contributed by atoms with Gasteiger partial charge in [0.2, 0.25) is 0 Å². The molecule has 0 atom stereocenters. The van der Waals surface area contributed by atoms with Gasteiger partial charge in [-0.15, -0.1) is 13.2 Å². The molecule has 0 radical (unpaired) electrons. The Morgan fingerprint density at radius 3 is 2.62 bits per heavy atom.